The first-order chi connectivity index (χ1) is 62.4. The molecular formula is C104H136BCl2F5N14NaO4S. The molecule has 10 bridgehead atoms. The molecule has 0 aliphatic carbocycles. The largest absolute Gasteiger partial charge is 1.00 e. The number of nitrogens with two attached hydrogens (primary N) is 1. The first-order valence-electron chi connectivity index (χ1n) is 47.1. The number of likely N-dealkylation sites (N-methyl/N-ethyl adjacent to an activating group) is 4. The van der Waals surface area contributed by atoms with Crippen molar-refractivity contribution in [1.82, 2.24) is 64.5 Å². The molecule has 3 radical (unpaired) electrons. The Morgan fingerprint density at radius 1 is 0.394 bits per heavy atom. The Morgan fingerprint density at radius 3 is 0.917 bits per heavy atom. The molecule has 8 aromatic carbocycles. The van der Waals surface area contributed by atoms with Gasteiger partial charge in [0, 0.05) is 130 Å². The van der Waals surface area contributed by atoms with Gasteiger partial charge in [-0.15, -0.1) is 24.8 Å². The van der Waals surface area contributed by atoms with Crippen molar-refractivity contribution in [2.75, 3.05) is 166 Å². The first-order valence-corrected chi connectivity index (χ1v) is 48.2. The second-order valence-electron chi connectivity index (χ2n) is 37.2. The number of rotatable bonds is 8. The van der Waals surface area contributed by atoms with E-state index in [4.69, 9.17) is 0 Å². The number of ketones is 1. The van der Waals surface area contributed by atoms with Gasteiger partial charge in [-0.3, -0.25) is 9.69 Å². The summed E-state index contributed by atoms with van der Waals surface area (Å²) in [5, 5.41) is 6.88. The molecule has 8 atom stereocenters. The molecule has 28 heteroatoms. The monoisotopic (exact) mass is 1880 g/mol. The zero-order valence-corrected chi connectivity index (χ0v) is 82.6. The number of hydrogen-bond acceptors (Lipinski definition) is 13. The SMILES string of the molecule is CN.CN(C(=O)N1CCc2ccccc2[C@@H]1c1ccc(F)cc1)C1CN2CCC1CC2.CN(C(=O)N1CCc2ccccc2[C@@H]1c1ccc(F)cc1)[C@@H]1CN2CCC1CC2.CN(C(=O)N1CCc2ccccc2[C@@H]1c1ccc(F)cc1)[C@H]1CN2CCC1CC2.CNC1CN2CCC1CC2.CSF.Cl.Cl.Fc1ccc([C@@H]2NCCc3ccccc32)cc1.O=C1CN2CCC1CC2.[B].[H-].[Na+]. The number of Topliss-reactive ketones (excluding diaryl/α,β-unsaturated/α-hetero) is 1. The van der Waals surface area contributed by atoms with Gasteiger partial charge in [-0.1, -0.05) is 146 Å². The molecule has 6 amide bonds. The second-order valence-corrected chi connectivity index (χ2v) is 37.5. The van der Waals surface area contributed by atoms with Crippen LogP contribution < -0.4 is 45.9 Å². The number of fused-ring (bicyclic) bond motifs is 19. The van der Waals surface area contributed by atoms with E-state index in [1.807, 2.05) is 117 Å². The molecule has 0 saturated carbocycles. The van der Waals surface area contributed by atoms with Crippen LogP contribution >= 0.6 is 37.0 Å². The summed E-state index contributed by atoms with van der Waals surface area (Å²) in [6, 6.07) is 61.7. The molecule has 18 nitrogen and oxygen atoms in total. The summed E-state index contributed by atoms with van der Waals surface area (Å²) in [4.78, 5) is 76.3. The average molecular weight is 1880 g/mol. The maximum atomic E-state index is 13.7. The minimum atomic E-state index is -0.250. The van der Waals surface area contributed by atoms with Crippen molar-refractivity contribution in [2.45, 2.75) is 138 Å². The van der Waals surface area contributed by atoms with Gasteiger partial charge in [-0.2, -0.15) is 3.89 Å². The number of carbonyl (C=O) groups is 4. The van der Waals surface area contributed by atoms with E-state index in [2.05, 4.69) is 127 Å². The predicted molar refractivity (Wildman–Crippen MR) is 522 cm³/mol. The van der Waals surface area contributed by atoms with Gasteiger partial charge in [0.2, 0.25) is 0 Å². The smallest absolute Gasteiger partial charge is 1.00 e. The van der Waals surface area contributed by atoms with Gasteiger partial charge >= 0.3 is 47.7 Å². The van der Waals surface area contributed by atoms with E-state index in [1.165, 1.54) is 200 Å². The minimum absolute atomic E-state index is 0. The predicted octanol–water partition coefficient (Wildman–Crippen LogP) is 13.8. The zero-order valence-electron chi connectivity index (χ0n) is 79.1. The van der Waals surface area contributed by atoms with Crippen LogP contribution in [-0.4, -0.2) is 276 Å². The number of amides is 6. The summed E-state index contributed by atoms with van der Waals surface area (Å²) < 4.78 is 63.8. The summed E-state index contributed by atoms with van der Waals surface area (Å²) in [6.45, 7) is 20.0. The van der Waals surface area contributed by atoms with Crippen LogP contribution in [0, 0.1) is 52.9 Å². The molecular weight excluding hydrogens is 1740 g/mol. The van der Waals surface area contributed by atoms with Crippen LogP contribution in [0.15, 0.2) is 194 Å². The Labute approximate surface area is 822 Å². The molecule has 19 aliphatic heterocycles. The van der Waals surface area contributed by atoms with Crippen molar-refractivity contribution < 1.29 is 71.6 Å². The molecule has 8 aromatic rings. The first kappa shape index (κ1) is 105. The fourth-order valence-corrected chi connectivity index (χ4v) is 23.0. The fourth-order valence-electron chi connectivity index (χ4n) is 23.0. The van der Waals surface area contributed by atoms with E-state index >= 15 is 0 Å². The van der Waals surface area contributed by atoms with Crippen LogP contribution in [0.1, 0.15) is 157 Å². The van der Waals surface area contributed by atoms with E-state index < -0.39 is 0 Å². The van der Waals surface area contributed by atoms with Crippen molar-refractivity contribution in [2.24, 2.45) is 35.3 Å². The topological polar surface area (TPSA) is 154 Å². The summed E-state index contributed by atoms with van der Waals surface area (Å²) in [5.41, 5.74) is 18.5. The number of nitrogens with one attached hydrogen (secondary N) is 2. The molecule has 4 N–H and O–H groups in total. The fraction of sp³-hybridized carbons (Fsp3) is 0.500. The summed E-state index contributed by atoms with van der Waals surface area (Å²) in [6.07, 6.45) is 17.2. The van der Waals surface area contributed by atoms with E-state index in [-0.39, 0.29) is 160 Å². The number of urea groups is 3. The zero-order chi connectivity index (χ0) is 89.5. The molecule has 15 saturated heterocycles. The van der Waals surface area contributed by atoms with Gasteiger partial charge in [-0.25, -0.2) is 31.9 Å². The van der Waals surface area contributed by atoms with Crippen LogP contribution in [0.2, 0.25) is 0 Å². The number of nitrogens with zero attached hydrogens (tertiary/aromatic N) is 11. The molecule has 705 valence electrons. The summed E-state index contributed by atoms with van der Waals surface area (Å²) in [5.74, 6) is 2.79. The molecule has 0 aromatic heterocycles. The number of halogens is 7. The second kappa shape index (κ2) is 50.1. The van der Waals surface area contributed by atoms with E-state index in [9.17, 15) is 40.6 Å². The Balaban J connectivity index is 0.000000169. The van der Waals surface area contributed by atoms with Gasteiger partial charge < -0.3 is 66.8 Å². The van der Waals surface area contributed by atoms with Crippen molar-refractivity contribution >= 4 is 69.3 Å². The third-order valence-corrected chi connectivity index (χ3v) is 30.2. The third-order valence-electron chi connectivity index (χ3n) is 30.2. The van der Waals surface area contributed by atoms with E-state index in [1.54, 1.807) is 0 Å². The van der Waals surface area contributed by atoms with Gasteiger partial charge in [0.1, 0.15) is 29.1 Å². The van der Waals surface area contributed by atoms with Gasteiger partial charge in [-0.05, 0) is 308 Å². The molecule has 2 unspecified atom stereocenters. The normalized spacial score (nSPS) is 27.5. The van der Waals surface area contributed by atoms with Crippen molar-refractivity contribution in [1.29, 1.82) is 0 Å². The third kappa shape index (κ3) is 24.9. The molecule has 27 rings (SSSR count). The summed E-state index contributed by atoms with van der Waals surface area (Å²) >= 11 is 0.250. The van der Waals surface area contributed by atoms with E-state index in [0.717, 1.165) is 135 Å². The number of benzene rings is 8. The van der Waals surface area contributed by atoms with Gasteiger partial charge in [0.15, 0.2) is 0 Å². The van der Waals surface area contributed by atoms with Crippen molar-refractivity contribution in [3.63, 3.8) is 0 Å². The van der Waals surface area contributed by atoms with Crippen LogP contribution in [0.4, 0.5) is 35.8 Å². The van der Waals surface area contributed by atoms with Crippen LogP contribution in [0.3, 0.4) is 0 Å². The van der Waals surface area contributed by atoms with Crippen LogP contribution in [0.25, 0.3) is 0 Å². The molecule has 19 aliphatic rings. The molecule has 132 heavy (non-hydrogen) atoms. The van der Waals surface area contributed by atoms with E-state index in [0.29, 0.717) is 49.1 Å². The summed E-state index contributed by atoms with van der Waals surface area (Å²) in [7, 11) is 9.50. The maximum Gasteiger partial charge on any atom is 1.00 e. The number of hydrogen-bond donors (Lipinski definition) is 3. The standard InChI is InChI=1S/3C24H28FN3O.C15H14FN.C8H16N2.C7H11NO.CH3FS.CH5N.B.2ClH.Na.H/c3*1-26(22-16-27-13-10-18(22)11-14-27)24(29)28-15-12-17-4-2-3-5-21(17)23(28)19-6-8-20(25)9-7-19;16-13-7-5-12(6-8-13)15-14-4-2-1-3-11(14)9-10-17-15;1-9-8-6-10-4-2-7(8)3-5-10;9-7-5-8-3-1-6(7)2-4-8;1-3-2;1-2;;;;;/h3*2-9,18,22-23H,10-16H2,1H3;1-8,15,17H,9-10H2;7-9H,2-6H2,1H3;6H,1-5H2;1H3;2H2,1H3;;2*1H;;/q;;;;;;;;;;;+1;-1/t22?,23-;22-,23+;22-,23-;15-;;;;;;;;;/m0100........./s1. The number of piperidine rings is 15. The Kier molecular flexibility index (Phi) is 39.8. The number of carbonyl (C=O) groups excluding carboxylic acids is 4. The van der Waals surface area contributed by atoms with Crippen LogP contribution in [0.5, 0.6) is 0 Å². The van der Waals surface area contributed by atoms with Crippen molar-refractivity contribution in [3.8, 4) is 0 Å². The average Bonchev–Trinajstić information content (AvgIpc) is 0.769. The van der Waals surface area contributed by atoms with Gasteiger partial charge in [0.25, 0.3) is 0 Å². The molecule has 19 heterocycles. The minimum Gasteiger partial charge on any atom is -1.00 e. The van der Waals surface area contributed by atoms with Gasteiger partial charge in [0.05, 0.1) is 30.7 Å². The van der Waals surface area contributed by atoms with Crippen molar-refractivity contribution in [3.05, 3.63) is 284 Å². The van der Waals surface area contributed by atoms with Crippen LogP contribution in [-0.2, 0) is 30.5 Å². The molecule has 0 spiro atoms. The maximum absolute atomic E-state index is 13.7. The Bertz CT molecular complexity index is 4610. The Hall–Kier alpha value is -7.44. The quantitative estimate of drug-likeness (QED) is 0.0978. The Morgan fingerprint density at radius 2 is 0.667 bits per heavy atom. The molecule has 15 fully saturated rings.